The van der Waals surface area contributed by atoms with Crippen molar-refractivity contribution in [2.45, 2.75) is 43.6 Å². The highest BCUT2D eigenvalue weighted by Gasteiger charge is 2.42. The number of carbonyl (C=O) groups is 1. The largest absolute Gasteiger partial charge is 0.479 e. The summed E-state index contributed by atoms with van der Waals surface area (Å²) < 4.78 is 5.66. The van der Waals surface area contributed by atoms with Crippen molar-refractivity contribution in [3.8, 4) is 0 Å². The van der Waals surface area contributed by atoms with Crippen molar-refractivity contribution in [3.63, 3.8) is 0 Å². The Morgan fingerprint density at radius 2 is 1.94 bits per heavy atom. The van der Waals surface area contributed by atoms with Crippen LogP contribution in [0.5, 0.6) is 0 Å². The van der Waals surface area contributed by atoms with Gasteiger partial charge in [-0.3, -0.25) is 0 Å². The van der Waals surface area contributed by atoms with Crippen LogP contribution in [0.25, 0.3) is 0 Å². The summed E-state index contributed by atoms with van der Waals surface area (Å²) in [6.45, 7) is 0.557. The van der Waals surface area contributed by atoms with Gasteiger partial charge in [0.2, 0.25) is 0 Å². The molecule has 0 radical (unpaired) electrons. The van der Waals surface area contributed by atoms with E-state index >= 15 is 0 Å². The summed E-state index contributed by atoms with van der Waals surface area (Å²) in [4.78, 5) is 11.3. The average molecular weight is 246 g/mol. The maximum Gasteiger partial charge on any atom is 0.337 e. The molecule has 1 aliphatic heterocycles. The fourth-order valence-corrected chi connectivity index (χ4v) is 3.47. The molecule has 3 rings (SSSR count). The normalized spacial score (nSPS) is 25.7. The molecule has 18 heavy (non-hydrogen) atoms. The summed E-state index contributed by atoms with van der Waals surface area (Å²) in [5.41, 5.74) is 2.14. The lowest BCUT2D eigenvalue weighted by Gasteiger charge is -2.43. The van der Waals surface area contributed by atoms with E-state index in [2.05, 4.69) is 6.07 Å². The first-order chi connectivity index (χ1) is 8.73. The van der Waals surface area contributed by atoms with Gasteiger partial charge in [-0.15, -0.1) is 0 Å². The van der Waals surface area contributed by atoms with E-state index in [1.165, 1.54) is 24.8 Å². The van der Waals surface area contributed by atoms with E-state index in [9.17, 15) is 9.90 Å². The van der Waals surface area contributed by atoms with Gasteiger partial charge in [0.05, 0.1) is 6.61 Å². The zero-order valence-electron chi connectivity index (χ0n) is 10.4. The SMILES string of the molecule is O=C(O)C1OCC2(CCCCC2)c2ccccc21. The second kappa shape index (κ2) is 4.39. The first kappa shape index (κ1) is 11.7. The molecule has 1 aromatic rings. The average Bonchev–Trinajstić information content (AvgIpc) is 2.40. The molecule has 3 nitrogen and oxygen atoms in total. The van der Waals surface area contributed by atoms with Crippen LogP contribution in [0.2, 0.25) is 0 Å². The lowest BCUT2D eigenvalue weighted by atomic mass is 9.67. The Labute approximate surface area is 107 Å². The highest BCUT2D eigenvalue weighted by Crippen LogP contribution is 2.46. The third-order valence-corrected chi connectivity index (χ3v) is 4.38. The number of rotatable bonds is 1. The van der Waals surface area contributed by atoms with E-state index in [1.54, 1.807) is 0 Å². The fourth-order valence-electron chi connectivity index (χ4n) is 3.47. The van der Waals surface area contributed by atoms with Crippen LogP contribution in [0.4, 0.5) is 0 Å². The zero-order valence-corrected chi connectivity index (χ0v) is 10.4. The number of hydrogen-bond acceptors (Lipinski definition) is 2. The van der Waals surface area contributed by atoms with Crippen LogP contribution in [0.1, 0.15) is 49.3 Å². The molecule has 1 atom stereocenters. The summed E-state index contributed by atoms with van der Waals surface area (Å²) in [6.07, 6.45) is 5.18. The van der Waals surface area contributed by atoms with Gasteiger partial charge in [-0.05, 0) is 24.0 Å². The number of aliphatic carboxylic acids is 1. The molecular formula is C15H18O3. The monoisotopic (exact) mass is 246 g/mol. The van der Waals surface area contributed by atoms with Gasteiger partial charge in [-0.1, -0.05) is 43.5 Å². The molecule has 1 N–H and O–H groups in total. The van der Waals surface area contributed by atoms with Crippen molar-refractivity contribution in [3.05, 3.63) is 35.4 Å². The van der Waals surface area contributed by atoms with Crippen molar-refractivity contribution in [1.29, 1.82) is 0 Å². The smallest absolute Gasteiger partial charge is 0.337 e. The van der Waals surface area contributed by atoms with Gasteiger partial charge < -0.3 is 9.84 Å². The van der Waals surface area contributed by atoms with Crippen LogP contribution < -0.4 is 0 Å². The molecule has 1 heterocycles. The highest BCUT2D eigenvalue weighted by atomic mass is 16.5. The van der Waals surface area contributed by atoms with Crippen molar-refractivity contribution in [1.82, 2.24) is 0 Å². The molecule has 0 bridgehead atoms. The molecule has 0 amide bonds. The minimum Gasteiger partial charge on any atom is -0.479 e. The summed E-state index contributed by atoms with van der Waals surface area (Å²) >= 11 is 0. The minimum atomic E-state index is -0.881. The van der Waals surface area contributed by atoms with Crippen LogP contribution in [-0.2, 0) is 14.9 Å². The Kier molecular flexibility index (Phi) is 2.86. The molecule has 0 saturated heterocycles. The Balaban J connectivity index is 2.06. The van der Waals surface area contributed by atoms with Crippen LogP contribution >= 0.6 is 0 Å². The topological polar surface area (TPSA) is 46.5 Å². The summed E-state index contributed by atoms with van der Waals surface area (Å²) in [5, 5.41) is 9.25. The fraction of sp³-hybridized carbons (Fsp3) is 0.533. The van der Waals surface area contributed by atoms with Crippen LogP contribution in [-0.4, -0.2) is 17.7 Å². The van der Waals surface area contributed by atoms with Crippen LogP contribution in [0.15, 0.2) is 24.3 Å². The van der Waals surface area contributed by atoms with E-state index in [1.807, 2.05) is 18.2 Å². The quantitative estimate of drug-likeness (QED) is 0.828. The van der Waals surface area contributed by atoms with Gasteiger partial charge in [-0.2, -0.15) is 0 Å². The molecule has 1 aliphatic carbocycles. The molecular weight excluding hydrogens is 228 g/mol. The van der Waals surface area contributed by atoms with Crippen LogP contribution in [0.3, 0.4) is 0 Å². The maximum absolute atomic E-state index is 11.3. The van der Waals surface area contributed by atoms with E-state index in [4.69, 9.17) is 4.74 Å². The zero-order chi connectivity index (χ0) is 12.6. The van der Waals surface area contributed by atoms with Gasteiger partial charge >= 0.3 is 5.97 Å². The predicted molar refractivity (Wildman–Crippen MR) is 67.5 cm³/mol. The van der Waals surface area contributed by atoms with Gasteiger partial charge in [-0.25, -0.2) is 4.79 Å². The van der Waals surface area contributed by atoms with Gasteiger partial charge in [0.1, 0.15) is 0 Å². The van der Waals surface area contributed by atoms with E-state index in [0.29, 0.717) is 6.61 Å². The van der Waals surface area contributed by atoms with E-state index in [0.717, 1.165) is 18.4 Å². The van der Waals surface area contributed by atoms with Crippen molar-refractivity contribution >= 4 is 5.97 Å². The summed E-state index contributed by atoms with van der Waals surface area (Å²) in [6, 6.07) is 7.92. The number of carboxylic acid groups (broad SMARTS) is 1. The third kappa shape index (κ3) is 1.74. The van der Waals surface area contributed by atoms with Crippen LogP contribution in [0, 0.1) is 0 Å². The van der Waals surface area contributed by atoms with Gasteiger partial charge in [0, 0.05) is 5.41 Å². The standard InChI is InChI=1S/C15H18O3/c16-14(17)13-11-6-2-3-7-12(11)15(10-18-13)8-4-1-5-9-15/h2-3,6-7,13H,1,4-5,8-10H2,(H,16,17). The first-order valence-corrected chi connectivity index (χ1v) is 6.67. The molecule has 1 saturated carbocycles. The highest BCUT2D eigenvalue weighted by molar-refractivity contribution is 5.75. The summed E-state index contributed by atoms with van der Waals surface area (Å²) in [5.74, 6) is -0.881. The minimum absolute atomic E-state index is 0.0702. The summed E-state index contributed by atoms with van der Waals surface area (Å²) in [7, 11) is 0. The number of fused-ring (bicyclic) bond motifs is 2. The molecule has 1 fully saturated rings. The Morgan fingerprint density at radius 1 is 1.22 bits per heavy atom. The van der Waals surface area contributed by atoms with Gasteiger partial charge in [0.25, 0.3) is 0 Å². The second-order valence-electron chi connectivity index (χ2n) is 5.46. The van der Waals surface area contributed by atoms with Crippen molar-refractivity contribution in [2.75, 3.05) is 6.61 Å². The predicted octanol–water partition coefficient (Wildman–Crippen LogP) is 3.04. The lowest BCUT2D eigenvalue weighted by Crippen LogP contribution is -2.41. The third-order valence-electron chi connectivity index (χ3n) is 4.38. The second-order valence-corrected chi connectivity index (χ2v) is 5.46. The lowest BCUT2D eigenvalue weighted by molar-refractivity contribution is -0.154. The number of carboxylic acids is 1. The van der Waals surface area contributed by atoms with Crippen molar-refractivity contribution in [2.24, 2.45) is 0 Å². The molecule has 0 aromatic heterocycles. The molecule has 2 aliphatic rings. The molecule has 1 aromatic carbocycles. The maximum atomic E-state index is 11.3. The number of ether oxygens (including phenoxy) is 1. The number of hydrogen-bond donors (Lipinski definition) is 1. The Hall–Kier alpha value is -1.35. The Bertz CT molecular complexity index is 461. The van der Waals surface area contributed by atoms with Crippen molar-refractivity contribution < 1.29 is 14.6 Å². The number of benzene rings is 1. The van der Waals surface area contributed by atoms with E-state index < -0.39 is 12.1 Å². The first-order valence-electron chi connectivity index (χ1n) is 6.67. The van der Waals surface area contributed by atoms with E-state index in [-0.39, 0.29) is 5.41 Å². The van der Waals surface area contributed by atoms with Gasteiger partial charge in [0.15, 0.2) is 6.10 Å². The molecule has 96 valence electrons. The molecule has 3 heteroatoms. The molecule has 1 spiro atoms. The molecule has 1 unspecified atom stereocenters. The Morgan fingerprint density at radius 3 is 2.67 bits per heavy atom.